The van der Waals surface area contributed by atoms with Crippen LogP contribution < -0.4 is 16.0 Å². The van der Waals surface area contributed by atoms with Crippen LogP contribution in [-0.4, -0.2) is 21.0 Å². The first-order valence-electron chi connectivity index (χ1n) is 8.16. The summed E-state index contributed by atoms with van der Waals surface area (Å²) in [6.45, 7) is 1.81. The number of thiocarbonyl (C=S) groups is 1. The highest BCUT2D eigenvalue weighted by molar-refractivity contribution is 7.80. The van der Waals surface area contributed by atoms with Gasteiger partial charge in [-0.1, -0.05) is 64.1 Å². The van der Waals surface area contributed by atoms with E-state index in [1.807, 2.05) is 13.0 Å². The van der Waals surface area contributed by atoms with Gasteiger partial charge < -0.3 is 16.0 Å². The molecule has 3 N–H and O–H groups in total. The summed E-state index contributed by atoms with van der Waals surface area (Å²) in [5.74, 6) is -0.530. The van der Waals surface area contributed by atoms with Gasteiger partial charge in [0.2, 0.25) is 3.79 Å². The number of hydrogen-bond acceptors (Lipinski definition) is 2. The van der Waals surface area contributed by atoms with Crippen LogP contribution in [-0.2, 0) is 6.18 Å². The average Bonchev–Trinajstić information content (AvgIpc) is 2.61. The molecule has 0 spiro atoms. The standard InChI is InChI=1S/C18H14Cl4F3N3OS/c1-9-3-2-4-10(7-9)14(29)27-15(17(20,21)22)28-16(30)26-13-6-5-11(8-12(13)19)18(23,24)25/h2-8,15H,1H3,(H,27,29)(H2,26,28,30)/t15-/m0/s1. The molecule has 0 unspecified atom stereocenters. The average molecular weight is 519 g/mol. The molecular formula is C18H14Cl4F3N3OS. The Labute approximate surface area is 196 Å². The lowest BCUT2D eigenvalue weighted by Gasteiger charge is -2.28. The third kappa shape index (κ3) is 7.06. The molecule has 0 aliphatic carbocycles. The summed E-state index contributed by atoms with van der Waals surface area (Å²) in [5.41, 5.74) is 0.368. The summed E-state index contributed by atoms with van der Waals surface area (Å²) in [6, 6.07) is 9.42. The van der Waals surface area contributed by atoms with Gasteiger partial charge in [0.25, 0.3) is 5.91 Å². The zero-order valence-corrected chi connectivity index (χ0v) is 18.9. The van der Waals surface area contributed by atoms with Crippen LogP contribution in [0, 0.1) is 6.92 Å². The number of halogens is 7. The van der Waals surface area contributed by atoms with Crippen molar-refractivity contribution in [3.63, 3.8) is 0 Å². The van der Waals surface area contributed by atoms with E-state index in [0.29, 0.717) is 5.56 Å². The van der Waals surface area contributed by atoms with E-state index < -0.39 is 27.6 Å². The number of alkyl halides is 6. The predicted molar refractivity (Wildman–Crippen MR) is 119 cm³/mol. The third-order valence-corrected chi connectivity index (χ3v) is 4.89. The van der Waals surface area contributed by atoms with Crippen LogP contribution in [0.1, 0.15) is 21.5 Å². The maximum Gasteiger partial charge on any atom is 0.416 e. The van der Waals surface area contributed by atoms with Crippen molar-refractivity contribution in [1.29, 1.82) is 0 Å². The summed E-state index contributed by atoms with van der Waals surface area (Å²) in [7, 11) is 0. The minimum absolute atomic E-state index is 0.0928. The Morgan fingerprint density at radius 1 is 1.07 bits per heavy atom. The summed E-state index contributed by atoms with van der Waals surface area (Å²) >= 11 is 28.8. The maximum absolute atomic E-state index is 12.8. The van der Waals surface area contributed by atoms with E-state index in [2.05, 4.69) is 16.0 Å². The summed E-state index contributed by atoms with van der Waals surface area (Å²) in [5, 5.41) is 7.36. The molecule has 1 amide bonds. The normalized spacial score (nSPS) is 12.8. The number of anilines is 1. The van der Waals surface area contributed by atoms with Crippen molar-refractivity contribution in [1.82, 2.24) is 10.6 Å². The highest BCUT2D eigenvalue weighted by Crippen LogP contribution is 2.34. The van der Waals surface area contributed by atoms with E-state index in [1.165, 1.54) is 0 Å². The Hall–Kier alpha value is -1.45. The van der Waals surface area contributed by atoms with Gasteiger partial charge in [-0.05, 0) is 49.5 Å². The van der Waals surface area contributed by atoms with Gasteiger partial charge in [0, 0.05) is 5.56 Å². The molecule has 0 aromatic heterocycles. The van der Waals surface area contributed by atoms with Crippen molar-refractivity contribution in [2.45, 2.75) is 23.1 Å². The van der Waals surface area contributed by atoms with Gasteiger partial charge in [0.1, 0.15) is 6.17 Å². The molecule has 0 aliphatic rings. The second kappa shape index (κ2) is 9.78. The Morgan fingerprint density at radius 3 is 2.27 bits per heavy atom. The molecule has 4 nitrogen and oxygen atoms in total. The molecule has 12 heteroatoms. The summed E-state index contributed by atoms with van der Waals surface area (Å²) in [6.07, 6.45) is -5.80. The maximum atomic E-state index is 12.8. The molecule has 0 aliphatic heterocycles. The molecule has 0 radical (unpaired) electrons. The number of carbonyl (C=O) groups is 1. The molecular weight excluding hydrogens is 505 g/mol. The monoisotopic (exact) mass is 517 g/mol. The molecule has 162 valence electrons. The molecule has 0 bridgehead atoms. The minimum Gasteiger partial charge on any atom is -0.339 e. The van der Waals surface area contributed by atoms with Crippen LogP contribution in [0.25, 0.3) is 0 Å². The fourth-order valence-corrected chi connectivity index (χ4v) is 3.07. The van der Waals surface area contributed by atoms with E-state index in [0.717, 1.165) is 23.8 Å². The van der Waals surface area contributed by atoms with E-state index in [1.54, 1.807) is 18.2 Å². The number of rotatable bonds is 4. The summed E-state index contributed by atoms with van der Waals surface area (Å²) < 4.78 is 36.2. The van der Waals surface area contributed by atoms with Gasteiger partial charge in [-0.25, -0.2) is 0 Å². The summed E-state index contributed by atoms with van der Waals surface area (Å²) in [4.78, 5) is 12.5. The Kier molecular flexibility index (Phi) is 8.09. The first-order valence-corrected chi connectivity index (χ1v) is 10.1. The SMILES string of the molecule is Cc1cccc(C(=O)N[C@@H](NC(=S)Nc2ccc(C(F)(F)F)cc2Cl)C(Cl)(Cl)Cl)c1. The molecule has 0 saturated heterocycles. The highest BCUT2D eigenvalue weighted by Gasteiger charge is 2.35. The first kappa shape index (κ1) is 24.8. The van der Waals surface area contributed by atoms with E-state index in [-0.39, 0.29) is 15.8 Å². The molecule has 2 rings (SSSR count). The van der Waals surface area contributed by atoms with Crippen LogP contribution in [0.5, 0.6) is 0 Å². The second-order valence-electron chi connectivity index (χ2n) is 6.11. The van der Waals surface area contributed by atoms with Gasteiger partial charge in [-0.3, -0.25) is 4.79 Å². The molecule has 2 aromatic carbocycles. The van der Waals surface area contributed by atoms with Gasteiger partial charge >= 0.3 is 6.18 Å². The van der Waals surface area contributed by atoms with Crippen molar-refractivity contribution < 1.29 is 18.0 Å². The fourth-order valence-electron chi connectivity index (χ4n) is 2.28. The van der Waals surface area contributed by atoms with Gasteiger partial charge in [0.15, 0.2) is 5.11 Å². The smallest absolute Gasteiger partial charge is 0.339 e. The van der Waals surface area contributed by atoms with Crippen LogP contribution >= 0.6 is 58.6 Å². The van der Waals surface area contributed by atoms with Crippen LogP contribution in [0.4, 0.5) is 18.9 Å². The van der Waals surface area contributed by atoms with E-state index >= 15 is 0 Å². The Morgan fingerprint density at radius 2 is 1.73 bits per heavy atom. The second-order valence-corrected chi connectivity index (χ2v) is 9.29. The quantitative estimate of drug-likeness (QED) is 0.261. The number of aryl methyl sites for hydroxylation is 1. The zero-order chi connectivity index (χ0) is 22.7. The molecule has 0 fully saturated rings. The minimum atomic E-state index is -4.54. The fraction of sp³-hybridized carbons (Fsp3) is 0.222. The van der Waals surface area contributed by atoms with Gasteiger partial charge in [-0.15, -0.1) is 0 Å². The van der Waals surface area contributed by atoms with Crippen LogP contribution in [0.15, 0.2) is 42.5 Å². The van der Waals surface area contributed by atoms with Crippen molar-refractivity contribution in [2.75, 3.05) is 5.32 Å². The highest BCUT2D eigenvalue weighted by atomic mass is 35.6. The molecule has 0 saturated carbocycles. The van der Waals surface area contributed by atoms with Crippen LogP contribution in [0.3, 0.4) is 0 Å². The number of nitrogens with one attached hydrogen (secondary N) is 3. The van der Waals surface area contributed by atoms with Crippen molar-refractivity contribution in [2.24, 2.45) is 0 Å². The molecule has 0 heterocycles. The molecule has 2 aromatic rings. The number of carbonyl (C=O) groups excluding carboxylic acids is 1. The number of benzene rings is 2. The molecule has 30 heavy (non-hydrogen) atoms. The molecule has 1 atom stereocenters. The lowest BCUT2D eigenvalue weighted by atomic mass is 10.1. The number of hydrogen-bond donors (Lipinski definition) is 3. The van der Waals surface area contributed by atoms with Gasteiger partial charge in [0.05, 0.1) is 16.3 Å². The van der Waals surface area contributed by atoms with Crippen molar-refractivity contribution >= 4 is 75.3 Å². The van der Waals surface area contributed by atoms with Crippen molar-refractivity contribution in [3.05, 3.63) is 64.2 Å². The lowest BCUT2D eigenvalue weighted by Crippen LogP contribution is -2.56. The van der Waals surface area contributed by atoms with E-state index in [4.69, 9.17) is 58.6 Å². The lowest BCUT2D eigenvalue weighted by molar-refractivity contribution is -0.137. The zero-order valence-electron chi connectivity index (χ0n) is 15.1. The predicted octanol–water partition coefficient (Wildman–Crippen LogP) is 6.08. The van der Waals surface area contributed by atoms with Crippen LogP contribution in [0.2, 0.25) is 5.02 Å². The van der Waals surface area contributed by atoms with Crippen molar-refractivity contribution in [3.8, 4) is 0 Å². The Balaban J connectivity index is 2.12. The number of amides is 1. The Bertz CT molecular complexity index is 951. The topological polar surface area (TPSA) is 53.2 Å². The first-order chi connectivity index (χ1) is 13.8. The van der Waals surface area contributed by atoms with Gasteiger partial charge in [-0.2, -0.15) is 13.2 Å². The van der Waals surface area contributed by atoms with E-state index in [9.17, 15) is 18.0 Å². The third-order valence-electron chi connectivity index (χ3n) is 3.70. The largest absolute Gasteiger partial charge is 0.416 e.